The van der Waals surface area contributed by atoms with Gasteiger partial charge in [-0.2, -0.15) is 0 Å². The van der Waals surface area contributed by atoms with E-state index in [0.717, 1.165) is 40.6 Å². The lowest BCUT2D eigenvalue weighted by molar-refractivity contribution is -0.131. The third-order valence-electron chi connectivity index (χ3n) is 4.05. The van der Waals surface area contributed by atoms with E-state index >= 15 is 0 Å². The second-order valence-corrected chi connectivity index (χ2v) is 8.12. The van der Waals surface area contributed by atoms with Crippen molar-refractivity contribution in [3.63, 3.8) is 0 Å². The SMILES string of the molecule is Cc1ccc(C(=O)NC2CCN(C(=O)Cc3cccs3)CC2)s1. The Bertz CT molecular complexity index is 671. The minimum Gasteiger partial charge on any atom is -0.348 e. The zero-order valence-corrected chi connectivity index (χ0v) is 14.7. The maximum absolute atomic E-state index is 12.3. The van der Waals surface area contributed by atoms with Crippen LogP contribution in [0.15, 0.2) is 29.6 Å². The van der Waals surface area contributed by atoms with E-state index in [4.69, 9.17) is 0 Å². The number of amides is 2. The second-order valence-electron chi connectivity index (χ2n) is 5.79. The van der Waals surface area contributed by atoms with Crippen LogP contribution in [-0.2, 0) is 11.2 Å². The molecule has 0 aliphatic carbocycles. The summed E-state index contributed by atoms with van der Waals surface area (Å²) in [6.45, 7) is 3.44. The number of hydrogen-bond acceptors (Lipinski definition) is 4. The molecule has 1 aliphatic rings. The van der Waals surface area contributed by atoms with Gasteiger partial charge in [0.25, 0.3) is 5.91 Å². The number of piperidine rings is 1. The molecular formula is C17H20N2O2S2. The Hall–Kier alpha value is -1.66. The number of likely N-dealkylation sites (tertiary alicyclic amines) is 1. The Morgan fingerprint density at radius 1 is 1.26 bits per heavy atom. The first-order chi connectivity index (χ1) is 11.1. The predicted octanol–water partition coefficient (Wildman–Crippen LogP) is 3.08. The average Bonchev–Trinajstić information content (AvgIpc) is 3.19. The maximum Gasteiger partial charge on any atom is 0.261 e. The van der Waals surface area contributed by atoms with Gasteiger partial charge in [0.2, 0.25) is 5.91 Å². The summed E-state index contributed by atoms with van der Waals surface area (Å²) in [4.78, 5) is 29.4. The van der Waals surface area contributed by atoms with Crippen LogP contribution in [0.4, 0.5) is 0 Å². The third-order valence-corrected chi connectivity index (χ3v) is 5.93. The molecule has 0 spiro atoms. The molecule has 0 unspecified atom stereocenters. The van der Waals surface area contributed by atoms with Gasteiger partial charge < -0.3 is 10.2 Å². The standard InChI is InChI=1S/C17H20N2O2S2/c1-12-4-5-15(23-12)17(21)18-13-6-8-19(9-7-13)16(20)11-14-3-2-10-22-14/h2-5,10,13H,6-9,11H2,1H3,(H,18,21). The van der Waals surface area contributed by atoms with Crippen LogP contribution >= 0.6 is 22.7 Å². The summed E-state index contributed by atoms with van der Waals surface area (Å²) in [5, 5.41) is 5.09. The van der Waals surface area contributed by atoms with E-state index in [2.05, 4.69) is 5.32 Å². The Morgan fingerprint density at radius 2 is 2.04 bits per heavy atom. The fourth-order valence-corrected chi connectivity index (χ4v) is 4.23. The van der Waals surface area contributed by atoms with Crippen LogP contribution in [0, 0.1) is 6.92 Å². The van der Waals surface area contributed by atoms with E-state index in [1.54, 1.807) is 11.3 Å². The zero-order chi connectivity index (χ0) is 16.2. The molecule has 0 bridgehead atoms. The molecule has 3 heterocycles. The normalized spacial score (nSPS) is 15.6. The lowest BCUT2D eigenvalue weighted by Gasteiger charge is -2.32. The van der Waals surface area contributed by atoms with Gasteiger partial charge in [-0.3, -0.25) is 9.59 Å². The number of rotatable bonds is 4. The number of thiophene rings is 2. The molecular weight excluding hydrogens is 328 g/mol. The van der Waals surface area contributed by atoms with Gasteiger partial charge in [0.1, 0.15) is 0 Å². The lowest BCUT2D eigenvalue weighted by atomic mass is 10.0. The van der Waals surface area contributed by atoms with Crippen molar-refractivity contribution in [2.45, 2.75) is 32.2 Å². The van der Waals surface area contributed by atoms with Crippen LogP contribution in [0.5, 0.6) is 0 Å². The van der Waals surface area contributed by atoms with E-state index in [1.165, 1.54) is 11.3 Å². The van der Waals surface area contributed by atoms with Gasteiger partial charge in [-0.1, -0.05) is 6.07 Å². The second kappa shape index (κ2) is 7.27. The van der Waals surface area contributed by atoms with Crippen molar-refractivity contribution in [2.24, 2.45) is 0 Å². The van der Waals surface area contributed by atoms with Crippen molar-refractivity contribution in [1.82, 2.24) is 10.2 Å². The maximum atomic E-state index is 12.3. The minimum absolute atomic E-state index is 0.00598. The van der Waals surface area contributed by atoms with Crippen LogP contribution in [0.3, 0.4) is 0 Å². The number of carbonyl (C=O) groups is 2. The van der Waals surface area contributed by atoms with Gasteiger partial charge in [0.15, 0.2) is 0 Å². The lowest BCUT2D eigenvalue weighted by Crippen LogP contribution is -2.46. The summed E-state index contributed by atoms with van der Waals surface area (Å²) in [6, 6.07) is 7.97. The van der Waals surface area contributed by atoms with Crippen molar-refractivity contribution >= 4 is 34.5 Å². The first-order valence-electron chi connectivity index (χ1n) is 7.79. The number of carbonyl (C=O) groups excluding carboxylic acids is 2. The average molecular weight is 348 g/mol. The van der Waals surface area contributed by atoms with Crippen LogP contribution in [0.1, 0.15) is 32.3 Å². The third kappa shape index (κ3) is 4.20. The highest BCUT2D eigenvalue weighted by Gasteiger charge is 2.24. The van der Waals surface area contributed by atoms with E-state index < -0.39 is 0 Å². The Morgan fingerprint density at radius 3 is 2.65 bits per heavy atom. The molecule has 2 aromatic heterocycles. The van der Waals surface area contributed by atoms with Crippen LogP contribution in [0.2, 0.25) is 0 Å². The van der Waals surface area contributed by atoms with Crippen molar-refractivity contribution in [1.29, 1.82) is 0 Å². The first kappa shape index (κ1) is 16.2. The largest absolute Gasteiger partial charge is 0.348 e. The predicted molar refractivity (Wildman–Crippen MR) is 94.1 cm³/mol. The van der Waals surface area contributed by atoms with Gasteiger partial charge in [-0.05, 0) is 43.3 Å². The fourth-order valence-electron chi connectivity index (χ4n) is 2.76. The molecule has 3 rings (SSSR count). The van der Waals surface area contributed by atoms with E-state index in [-0.39, 0.29) is 17.9 Å². The summed E-state index contributed by atoms with van der Waals surface area (Å²) in [5.74, 6) is 0.192. The summed E-state index contributed by atoms with van der Waals surface area (Å²) in [7, 11) is 0. The molecule has 4 nitrogen and oxygen atoms in total. The Labute approximate surface area is 144 Å². The molecule has 1 aliphatic heterocycles. The molecule has 6 heteroatoms. The summed E-state index contributed by atoms with van der Waals surface area (Å²) in [6.07, 6.45) is 2.14. The number of nitrogens with zero attached hydrogens (tertiary/aromatic N) is 1. The van der Waals surface area contributed by atoms with Crippen LogP contribution < -0.4 is 5.32 Å². The Balaban J connectivity index is 1.46. The van der Waals surface area contributed by atoms with Gasteiger partial charge >= 0.3 is 0 Å². The molecule has 0 radical (unpaired) electrons. The molecule has 2 amide bonds. The fraction of sp³-hybridized carbons (Fsp3) is 0.412. The molecule has 1 saturated heterocycles. The topological polar surface area (TPSA) is 49.4 Å². The van der Waals surface area contributed by atoms with E-state index in [0.29, 0.717) is 6.42 Å². The number of aryl methyl sites for hydroxylation is 1. The van der Waals surface area contributed by atoms with Gasteiger partial charge in [0.05, 0.1) is 11.3 Å². The van der Waals surface area contributed by atoms with E-state index in [1.807, 2.05) is 41.5 Å². The summed E-state index contributed by atoms with van der Waals surface area (Å²) < 4.78 is 0. The van der Waals surface area contributed by atoms with Gasteiger partial charge in [0, 0.05) is 28.9 Å². The molecule has 122 valence electrons. The minimum atomic E-state index is 0.00598. The van der Waals surface area contributed by atoms with E-state index in [9.17, 15) is 9.59 Å². The molecule has 1 fully saturated rings. The highest BCUT2D eigenvalue weighted by Crippen LogP contribution is 2.18. The Kier molecular flexibility index (Phi) is 5.13. The van der Waals surface area contributed by atoms with Crippen molar-refractivity contribution in [3.8, 4) is 0 Å². The van der Waals surface area contributed by atoms with Crippen molar-refractivity contribution in [2.75, 3.05) is 13.1 Å². The van der Waals surface area contributed by atoms with Gasteiger partial charge in [-0.25, -0.2) is 0 Å². The number of nitrogens with one attached hydrogen (secondary N) is 1. The van der Waals surface area contributed by atoms with Gasteiger partial charge in [-0.15, -0.1) is 22.7 Å². The first-order valence-corrected chi connectivity index (χ1v) is 9.49. The van der Waals surface area contributed by atoms with Crippen LogP contribution in [0.25, 0.3) is 0 Å². The molecule has 0 saturated carbocycles. The van der Waals surface area contributed by atoms with Crippen molar-refractivity contribution in [3.05, 3.63) is 44.3 Å². The molecule has 23 heavy (non-hydrogen) atoms. The highest BCUT2D eigenvalue weighted by molar-refractivity contribution is 7.13. The zero-order valence-electron chi connectivity index (χ0n) is 13.1. The monoisotopic (exact) mass is 348 g/mol. The molecule has 0 atom stereocenters. The summed E-state index contributed by atoms with van der Waals surface area (Å²) in [5.41, 5.74) is 0. The highest BCUT2D eigenvalue weighted by atomic mass is 32.1. The molecule has 1 N–H and O–H groups in total. The summed E-state index contributed by atoms with van der Waals surface area (Å²) >= 11 is 3.14. The molecule has 2 aromatic rings. The van der Waals surface area contributed by atoms with Crippen molar-refractivity contribution < 1.29 is 9.59 Å². The quantitative estimate of drug-likeness (QED) is 0.923. The smallest absolute Gasteiger partial charge is 0.261 e. The number of hydrogen-bond donors (Lipinski definition) is 1. The molecule has 0 aromatic carbocycles. The van der Waals surface area contributed by atoms with Crippen LogP contribution in [-0.4, -0.2) is 35.8 Å².